The first-order chi connectivity index (χ1) is 12.6. The molecule has 0 aliphatic rings. The van der Waals surface area contributed by atoms with E-state index >= 15 is 0 Å². The number of aromatic nitrogens is 4. The van der Waals surface area contributed by atoms with Gasteiger partial charge in [-0.05, 0) is 49.2 Å². The highest BCUT2D eigenvalue weighted by Gasteiger charge is 2.14. The van der Waals surface area contributed by atoms with Gasteiger partial charge in [-0.3, -0.25) is 4.79 Å². The predicted octanol–water partition coefficient (Wildman–Crippen LogP) is 3.55. The fourth-order valence-corrected chi connectivity index (χ4v) is 2.98. The monoisotopic (exact) mass is 345 g/mol. The molecule has 0 saturated heterocycles. The molecule has 4 rings (SSSR count). The van der Waals surface area contributed by atoms with Gasteiger partial charge in [0, 0.05) is 10.9 Å². The molecule has 1 atom stereocenters. The highest BCUT2D eigenvalue weighted by molar-refractivity contribution is 5.98. The normalized spacial score (nSPS) is 12.2. The zero-order valence-electron chi connectivity index (χ0n) is 14.6. The molecule has 26 heavy (non-hydrogen) atoms. The number of hydrogen-bond acceptors (Lipinski definition) is 3. The number of carbonyl (C=O) groups excluding carboxylic acids is 1. The first-order valence-electron chi connectivity index (χ1n) is 8.45. The Labute approximate surface area is 150 Å². The van der Waals surface area contributed by atoms with Gasteiger partial charge < -0.3 is 10.3 Å². The molecule has 4 aromatic rings. The number of aryl methyl sites for hydroxylation is 1. The summed E-state index contributed by atoms with van der Waals surface area (Å²) in [5.41, 5.74) is 4.65. The summed E-state index contributed by atoms with van der Waals surface area (Å²) in [5.74, 6) is -0.119. The van der Waals surface area contributed by atoms with Crippen LogP contribution in [0.1, 0.15) is 34.6 Å². The average molecular weight is 345 g/mol. The van der Waals surface area contributed by atoms with Crippen molar-refractivity contribution in [2.75, 3.05) is 0 Å². The minimum atomic E-state index is -0.119. The van der Waals surface area contributed by atoms with Crippen LogP contribution >= 0.6 is 0 Å². The summed E-state index contributed by atoms with van der Waals surface area (Å²) in [6.45, 7) is 4.00. The van der Waals surface area contributed by atoms with Crippen LogP contribution in [0, 0.1) is 6.92 Å². The minimum absolute atomic E-state index is 0.111. The molecule has 6 heteroatoms. The Balaban J connectivity index is 1.49. The maximum absolute atomic E-state index is 12.6. The maximum Gasteiger partial charge on any atom is 0.268 e. The number of amides is 1. The van der Waals surface area contributed by atoms with Gasteiger partial charge in [-0.15, -0.1) is 0 Å². The first kappa shape index (κ1) is 16.1. The number of aromatic amines is 1. The van der Waals surface area contributed by atoms with Crippen LogP contribution in [0.4, 0.5) is 0 Å². The quantitative estimate of drug-likeness (QED) is 0.594. The van der Waals surface area contributed by atoms with Crippen molar-refractivity contribution in [1.29, 1.82) is 0 Å². The number of nitrogens with zero attached hydrogens (tertiary/aromatic N) is 3. The molecule has 130 valence electrons. The van der Waals surface area contributed by atoms with Crippen molar-refractivity contribution >= 4 is 16.8 Å². The van der Waals surface area contributed by atoms with E-state index in [1.54, 1.807) is 11.0 Å². The summed E-state index contributed by atoms with van der Waals surface area (Å²) in [6.07, 6.45) is 3.15. The number of rotatable bonds is 4. The Bertz CT molecular complexity index is 1050. The molecule has 1 unspecified atom stereocenters. The molecule has 0 aliphatic carbocycles. The van der Waals surface area contributed by atoms with Crippen LogP contribution in [0.5, 0.6) is 0 Å². The largest absolute Gasteiger partial charge is 0.351 e. The lowest BCUT2D eigenvalue weighted by Crippen LogP contribution is -2.26. The van der Waals surface area contributed by atoms with E-state index in [-0.39, 0.29) is 11.9 Å². The summed E-state index contributed by atoms with van der Waals surface area (Å²) < 4.78 is 1.69. The molecule has 0 aliphatic heterocycles. The number of fused-ring (bicyclic) bond motifs is 1. The van der Waals surface area contributed by atoms with Crippen LogP contribution in [0.15, 0.2) is 61.2 Å². The summed E-state index contributed by atoms with van der Waals surface area (Å²) in [7, 11) is 0. The number of hydrogen-bond donors (Lipinski definition) is 2. The summed E-state index contributed by atoms with van der Waals surface area (Å²) >= 11 is 0. The van der Waals surface area contributed by atoms with E-state index in [0.29, 0.717) is 5.69 Å². The topological polar surface area (TPSA) is 75.6 Å². The molecule has 6 nitrogen and oxygen atoms in total. The van der Waals surface area contributed by atoms with Crippen molar-refractivity contribution in [2.45, 2.75) is 19.9 Å². The zero-order chi connectivity index (χ0) is 18.1. The molecule has 2 N–H and O–H groups in total. The van der Waals surface area contributed by atoms with E-state index in [4.69, 9.17) is 0 Å². The number of benzene rings is 2. The van der Waals surface area contributed by atoms with Crippen molar-refractivity contribution in [3.63, 3.8) is 0 Å². The standard InChI is InChI=1S/C20H19N5O/c1-13-3-4-16-10-19(24-18(16)9-13)20(26)23-14(2)15-5-7-17(8-6-15)25-12-21-11-22-25/h3-12,14,24H,1-2H3,(H,23,26). The predicted molar refractivity (Wildman–Crippen MR) is 100 cm³/mol. The first-order valence-corrected chi connectivity index (χ1v) is 8.45. The molecular formula is C20H19N5O. The van der Waals surface area contributed by atoms with Crippen LogP contribution in [0.25, 0.3) is 16.6 Å². The Morgan fingerprint density at radius 1 is 1.15 bits per heavy atom. The van der Waals surface area contributed by atoms with Gasteiger partial charge in [0.15, 0.2) is 0 Å². The number of H-pyrrole nitrogens is 1. The van der Waals surface area contributed by atoms with Crippen molar-refractivity contribution in [2.24, 2.45) is 0 Å². The molecular weight excluding hydrogens is 326 g/mol. The van der Waals surface area contributed by atoms with Gasteiger partial charge in [0.05, 0.1) is 11.7 Å². The second kappa shape index (κ2) is 6.48. The third-order valence-corrected chi connectivity index (χ3v) is 4.45. The lowest BCUT2D eigenvalue weighted by molar-refractivity contribution is 0.0935. The van der Waals surface area contributed by atoms with Crippen molar-refractivity contribution < 1.29 is 4.79 Å². The summed E-state index contributed by atoms with van der Waals surface area (Å²) in [4.78, 5) is 19.7. The lowest BCUT2D eigenvalue weighted by Gasteiger charge is -2.14. The Morgan fingerprint density at radius 3 is 2.69 bits per heavy atom. The zero-order valence-corrected chi connectivity index (χ0v) is 14.6. The third kappa shape index (κ3) is 3.09. The molecule has 2 aromatic carbocycles. The molecule has 0 spiro atoms. The van der Waals surface area contributed by atoms with E-state index in [9.17, 15) is 4.79 Å². The van der Waals surface area contributed by atoms with Crippen LogP contribution in [-0.2, 0) is 0 Å². The summed E-state index contributed by atoms with van der Waals surface area (Å²) in [6, 6.07) is 15.7. The van der Waals surface area contributed by atoms with E-state index in [1.807, 2.05) is 62.4 Å². The van der Waals surface area contributed by atoms with E-state index in [1.165, 1.54) is 6.33 Å². The van der Waals surface area contributed by atoms with Gasteiger partial charge in [0.2, 0.25) is 0 Å². The molecule has 2 aromatic heterocycles. The van der Waals surface area contributed by atoms with E-state index in [2.05, 4.69) is 20.4 Å². The second-order valence-electron chi connectivity index (χ2n) is 6.40. The van der Waals surface area contributed by atoms with Crippen LogP contribution in [-0.4, -0.2) is 25.7 Å². The van der Waals surface area contributed by atoms with Gasteiger partial charge >= 0.3 is 0 Å². The van der Waals surface area contributed by atoms with Crippen LogP contribution < -0.4 is 5.32 Å². The smallest absolute Gasteiger partial charge is 0.268 e. The Kier molecular flexibility index (Phi) is 4.01. The average Bonchev–Trinajstić information content (AvgIpc) is 3.31. The molecule has 0 radical (unpaired) electrons. The van der Waals surface area contributed by atoms with E-state index < -0.39 is 0 Å². The van der Waals surface area contributed by atoms with Crippen LogP contribution in [0.2, 0.25) is 0 Å². The second-order valence-corrected chi connectivity index (χ2v) is 6.40. The SMILES string of the molecule is Cc1ccc2cc(C(=O)NC(C)c3ccc(-n4cncn4)cc3)[nH]c2c1. The highest BCUT2D eigenvalue weighted by atomic mass is 16.1. The molecule has 1 amide bonds. The van der Waals surface area contributed by atoms with Crippen molar-refractivity contribution in [3.8, 4) is 5.69 Å². The van der Waals surface area contributed by atoms with Gasteiger partial charge in [-0.1, -0.05) is 24.3 Å². The molecule has 2 heterocycles. The Morgan fingerprint density at radius 2 is 1.96 bits per heavy atom. The molecule has 0 bridgehead atoms. The maximum atomic E-state index is 12.6. The fourth-order valence-electron chi connectivity index (χ4n) is 2.98. The Hall–Kier alpha value is -3.41. The number of nitrogens with one attached hydrogen (secondary N) is 2. The van der Waals surface area contributed by atoms with Crippen LogP contribution in [0.3, 0.4) is 0 Å². The highest BCUT2D eigenvalue weighted by Crippen LogP contribution is 2.19. The van der Waals surface area contributed by atoms with Gasteiger partial charge in [0.25, 0.3) is 5.91 Å². The van der Waals surface area contributed by atoms with Gasteiger partial charge in [-0.2, -0.15) is 5.10 Å². The fraction of sp³-hybridized carbons (Fsp3) is 0.150. The van der Waals surface area contributed by atoms with Gasteiger partial charge in [0.1, 0.15) is 18.3 Å². The van der Waals surface area contributed by atoms with Crippen molar-refractivity contribution in [3.05, 3.63) is 78.0 Å². The van der Waals surface area contributed by atoms with Crippen molar-refractivity contribution in [1.82, 2.24) is 25.1 Å². The third-order valence-electron chi connectivity index (χ3n) is 4.45. The molecule has 0 saturated carbocycles. The number of carbonyl (C=O) groups is 1. The summed E-state index contributed by atoms with van der Waals surface area (Å²) in [5, 5.41) is 8.18. The minimum Gasteiger partial charge on any atom is -0.351 e. The van der Waals surface area contributed by atoms with E-state index in [0.717, 1.165) is 27.7 Å². The van der Waals surface area contributed by atoms with Gasteiger partial charge in [-0.25, -0.2) is 9.67 Å². The lowest BCUT2D eigenvalue weighted by atomic mass is 10.1. The molecule has 0 fully saturated rings.